The van der Waals surface area contributed by atoms with Crippen LogP contribution in [0.3, 0.4) is 0 Å². The van der Waals surface area contributed by atoms with Gasteiger partial charge in [-0.25, -0.2) is 9.97 Å². The number of fused-ring (bicyclic) bond motifs is 1. The van der Waals surface area contributed by atoms with E-state index in [1.807, 2.05) is 0 Å². The number of hydrogen-bond donors (Lipinski definition) is 0. The van der Waals surface area contributed by atoms with Gasteiger partial charge in [-0.3, -0.25) is 4.98 Å². The Labute approximate surface area is 153 Å². The summed E-state index contributed by atoms with van der Waals surface area (Å²) < 4.78 is 78.9. The molecule has 11 heteroatoms. The molecule has 0 unspecified atom stereocenters. The Morgan fingerprint density at radius 1 is 0.963 bits per heavy atom. The molecule has 0 saturated carbocycles. The summed E-state index contributed by atoms with van der Waals surface area (Å²) in [5, 5.41) is 0. The average Bonchev–Trinajstić information content (AvgIpc) is 2.90. The molecule has 0 bridgehead atoms. The molecule has 0 saturated heterocycles. The molecule has 27 heavy (non-hydrogen) atoms. The summed E-state index contributed by atoms with van der Waals surface area (Å²) >= 11 is 1.29. The quantitative estimate of drug-likeness (QED) is 0.579. The van der Waals surface area contributed by atoms with Gasteiger partial charge in [0, 0.05) is 25.2 Å². The van der Waals surface area contributed by atoms with Gasteiger partial charge in [0.15, 0.2) is 11.5 Å². The molecule has 0 aliphatic carbocycles. The highest BCUT2D eigenvalue weighted by molar-refractivity contribution is 7.97. The third-order valence-electron chi connectivity index (χ3n) is 3.84. The zero-order valence-corrected chi connectivity index (χ0v) is 14.8. The van der Waals surface area contributed by atoms with Crippen LogP contribution in [0.1, 0.15) is 16.7 Å². The summed E-state index contributed by atoms with van der Waals surface area (Å²) in [7, 11) is 1.52. The molecule has 144 valence electrons. The molecule has 3 aromatic rings. The Balaban J connectivity index is 2.18. The lowest BCUT2D eigenvalue weighted by molar-refractivity contribution is -0.138. The molecule has 0 fully saturated rings. The summed E-state index contributed by atoms with van der Waals surface area (Å²) in [6, 6.07) is 1.83. The van der Waals surface area contributed by atoms with E-state index >= 15 is 0 Å². The normalized spacial score (nSPS) is 12.7. The number of aryl methyl sites for hydroxylation is 1. The molecule has 0 atom stereocenters. The second-order valence-electron chi connectivity index (χ2n) is 5.72. The molecule has 3 heterocycles. The topological polar surface area (TPSA) is 43.6 Å². The van der Waals surface area contributed by atoms with Crippen LogP contribution in [0.4, 0.5) is 26.3 Å². The first-order valence-corrected chi connectivity index (χ1v) is 8.87. The fourth-order valence-corrected chi connectivity index (χ4v) is 3.11. The monoisotopic (exact) mass is 406 g/mol. The van der Waals surface area contributed by atoms with Gasteiger partial charge in [0.1, 0.15) is 11.2 Å². The molecule has 4 nitrogen and oxygen atoms in total. The van der Waals surface area contributed by atoms with Gasteiger partial charge in [-0.2, -0.15) is 38.1 Å². The molecule has 0 spiro atoms. The van der Waals surface area contributed by atoms with Crippen molar-refractivity contribution in [3.63, 3.8) is 0 Å². The number of alkyl halides is 6. The van der Waals surface area contributed by atoms with Gasteiger partial charge >= 0.3 is 12.4 Å². The summed E-state index contributed by atoms with van der Waals surface area (Å²) in [6.45, 7) is 0. The Hall–Kier alpha value is -2.30. The van der Waals surface area contributed by atoms with E-state index in [-0.39, 0.29) is 34.0 Å². The van der Waals surface area contributed by atoms with Crippen molar-refractivity contribution in [2.75, 3.05) is 6.26 Å². The van der Waals surface area contributed by atoms with Crippen molar-refractivity contribution in [2.24, 2.45) is 7.05 Å². The van der Waals surface area contributed by atoms with Gasteiger partial charge in [0.05, 0.1) is 11.1 Å². The summed E-state index contributed by atoms with van der Waals surface area (Å²) in [5.74, 6) is 0.381. The first kappa shape index (κ1) is 19.5. The molecule has 0 N–H and O–H groups in total. The minimum absolute atomic E-state index is 0.0147. The maximum atomic E-state index is 13.0. The van der Waals surface area contributed by atoms with Crippen LogP contribution in [0, 0.1) is 0 Å². The van der Waals surface area contributed by atoms with E-state index in [1.54, 1.807) is 6.26 Å². The zero-order valence-electron chi connectivity index (χ0n) is 14.0. The number of rotatable bonds is 3. The lowest BCUT2D eigenvalue weighted by Gasteiger charge is -2.12. The van der Waals surface area contributed by atoms with E-state index < -0.39 is 23.5 Å². The predicted octanol–water partition coefficient (Wildman–Crippen LogP) is 4.93. The van der Waals surface area contributed by atoms with Crippen molar-refractivity contribution < 1.29 is 26.3 Å². The summed E-state index contributed by atoms with van der Waals surface area (Å²) in [6.07, 6.45) is -6.02. The summed E-state index contributed by atoms with van der Waals surface area (Å²) in [5.41, 5.74) is -1.23. The third kappa shape index (κ3) is 3.73. The van der Waals surface area contributed by atoms with Crippen LogP contribution in [0.2, 0.25) is 0 Å². The van der Waals surface area contributed by atoms with Crippen molar-refractivity contribution in [2.45, 2.75) is 18.1 Å². The average molecular weight is 406 g/mol. The number of halogens is 6. The highest BCUT2D eigenvalue weighted by Crippen LogP contribution is 2.34. The smallest absolute Gasteiger partial charge is 0.311 e. The largest absolute Gasteiger partial charge is 0.417 e. The molecule has 3 rings (SSSR count). The number of pyridine rings is 2. The van der Waals surface area contributed by atoms with E-state index in [2.05, 4.69) is 15.0 Å². The van der Waals surface area contributed by atoms with Gasteiger partial charge < -0.3 is 4.57 Å². The minimum Gasteiger partial charge on any atom is -0.311 e. The lowest BCUT2D eigenvalue weighted by atomic mass is 10.1. The summed E-state index contributed by atoms with van der Waals surface area (Å²) in [4.78, 5) is 11.8. The Morgan fingerprint density at radius 2 is 1.56 bits per heavy atom. The van der Waals surface area contributed by atoms with Crippen LogP contribution >= 0.6 is 11.8 Å². The molecule has 0 amide bonds. The molecular weight excluding hydrogens is 394 g/mol. The van der Waals surface area contributed by atoms with Crippen LogP contribution < -0.4 is 0 Å². The van der Waals surface area contributed by atoms with Crippen LogP contribution in [-0.4, -0.2) is 25.8 Å². The number of aromatic nitrogens is 4. The van der Waals surface area contributed by atoms with Gasteiger partial charge in [0.2, 0.25) is 0 Å². The van der Waals surface area contributed by atoms with Gasteiger partial charge in [-0.05, 0) is 24.0 Å². The van der Waals surface area contributed by atoms with Crippen molar-refractivity contribution in [3.8, 4) is 11.5 Å². The van der Waals surface area contributed by atoms with E-state index in [1.165, 1.54) is 23.4 Å². The fourth-order valence-electron chi connectivity index (χ4n) is 2.58. The number of thioether (sulfide) groups is 1. The molecule has 0 aromatic carbocycles. The third-order valence-corrected chi connectivity index (χ3v) is 4.44. The van der Waals surface area contributed by atoms with Crippen molar-refractivity contribution in [1.82, 2.24) is 19.5 Å². The van der Waals surface area contributed by atoms with Crippen LogP contribution in [0.5, 0.6) is 0 Å². The Bertz CT molecular complexity index is 993. The second kappa shape index (κ2) is 6.70. The van der Waals surface area contributed by atoms with Crippen molar-refractivity contribution in [1.29, 1.82) is 0 Å². The predicted molar refractivity (Wildman–Crippen MR) is 89.0 cm³/mol. The van der Waals surface area contributed by atoms with Crippen LogP contribution in [0.25, 0.3) is 22.7 Å². The zero-order chi connectivity index (χ0) is 20.0. The number of nitrogens with zero attached hydrogens (tertiary/aromatic N) is 4. The maximum absolute atomic E-state index is 13.0. The highest BCUT2D eigenvalue weighted by Gasteiger charge is 2.33. The van der Waals surface area contributed by atoms with E-state index in [9.17, 15) is 26.3 Å². The Kier molecular flexibility index (Phi) is 4.83. The van der Waals surface area contributed by atoms with Gasteiger partial charge in [0.25, 0.3) is 0 Å². The van der Waals surface area contributed by atoms with Crippen LogP contribution in [0.15, 0.2) is 24.5 Å². The fraction of sp³-hybridized carbons (Fsp3) is 0.312. The molecule has 0 aliphatic heterocycles. The maximum Gasteiger partial charge on any atom is 0.417 e. The number of imidazole rings is 1. The lowest BCUT2D eigenvalue weighted by Crippen LogP contribution is -2.08. The second-order valence-corrected chi connectivity index (χ2v) is 6.59. The first-order valence-electron chi connectivity index (χ1n) is 7.47. The molecule has 3 aromatic heterocycles. The highest BCUT2D eigenvalue weighted by atomic mass is 32.2. The van der Waals surface area contributed by atoms with Crippen molar-refractivity contribution in [3.05, 3.63) is 41.2 Å². The molecule has 0 aliphatic rings. The van der Waals surface area contributed by atoms with Crippen LogP contribution in [-0.2, 0) is 25.2 Å². The van der Waals surface area contributed by atoms with Crippen molar-refractivity contribution >= 4 is 22.9 Å². The minimum atomic E-state index is -4.57. The molecule has 0 radical (unpaired) electrons. The Morgan fingerprint density at radius 3 is 2.15 bits per heavy atom. The van der Waals surface area contributed by atoms with E-state index in [0.29, 0.717) is 12.4 Å². The molecular formula is C16H12F6N4S. The van der Waals surface area contributed by atoms with Gasteiger partial charge in [-0.1, -0.05) is 0 Å². The van der Waals surface area contributed by atoms with E-state index in [0.717, 1.165) is 12.1 Å². The number of hydrogen-bond acceptors (Lipinski definition) is 4. The first-order chi connectivity index (χ1) is 12.5. The standard InChI is InChI=1S/C16H12F6N4S/c1-26-13-11(4-10(6-24-13)16(20,21)22)25-14(26)12-8(7-27-2)3-9(5-23-12)15(17,18)19/h3-6H,7H2,1-2H3. The SMILES string of the molecule is CSCc1cc(C(F)(F)F)cnc1-c1nc2cc(C(F)(F)F)cnc2n1C. The van der Waals surface area contributed by atoms with Gasteiger partial charge in [-0.15, -0.1) is 0 Å². The van der Waals surface area contributed by atoms with E-state index in [4.69, 9.17) is 0 Å².